The van der Waals surface area contributed by atoms with Crippen LogP contribution in [0.15, 0.2) is 24.3 Å². The molecule has 0 heterocycles. The summed E-state index contributed by atoms with van der Waals surface area (Å²) in [6, 6.07) is 6.55. The van der Waals surface area contributed by atoms with Crippen molar-refractivity contribution in [3.8, 4) is 0 Å². The van der Waals surface area contributed by atoms with Crippen molar-refractivity contribution in [2.45, 2.75) is 6.92 Å². The monoisotopic (exact) mass is 210 g/mol. The number of likely N-dealkylation sites (N-methyl/N-ethyl adjacent to an activating group) is 1. The van der Waals surface area contributed by atoms with E-state index in [0.717, 1.165) is 0 Å². The second-order valence-electron chi connectivity index (χ2n) is 3.05. The molecule has 82 valence electrons. The molecule has 5 heteroatoms. The number of hydrogen-bond donors (Lipinski definition) is 1. The third kappa shape index (κ3) is 2.66. The number of nitro groups is 1. The highest BCUT2D eigenvalue weighted by Gasteiger charge is 2.16. The molecule has 0 unspecified atom stereocenters. The van der Waals surface area contributed by atoms with Crippen LogP contribution in [0.25, 0.3) is 0 Å². The molecule has 1 N–H and O–H groups in total. The van der Waals surface area contributed by atoms with Crippen molar-refractivity contribution in [3.05, 3.63) is 34.4 Å². The molecule has 0 aliphatic heterocycles. The Hall–Kier alpha value is -1.62. The molecule has 1 rings (SSSR count). The second kappa shape index (κ2) is 5.31. The molecule has 0 aliphatic carbocycles. The predicted molar refractivity (Wildman–Crippen MR) is 58.1 cm³/mol. The van der Waals surface area contributed by atoms with Gasteiger partial charge in [-0.25, -0.2) is 0 Å². The average Bonchev–Trinajstić information content (AvgIpc) is 2.26. The number of rotatable bonds is 5. The topological polar surface area (TPSA) is 66.6 Å². The summed E-state index contributed by atoms with van der Waals surface area (Å²) in [5.74, 6) is 0. The molecule has 1 aromatic carbocycles. The second-order valence-corrected chi connectivity index (χ2v) is 3.05. The van der Waals surface area contributed by atoms with Gasteiger partial charge in [0.05, 0.1) is 11.5 Å². The van der Waals surface area contributed by atoms with Crippen molar-refractivity contribution in [2.75, 3.05) is 24.6 Å². The van der Waals surface area contributed by atoms with Gasteiger partial charge >= 0.3 is 0 Å². The van der Waals surface area contributed by atoms with Crippen molar-refractivity contribution < 1.29 is 10.0 Å². The van der Waals surface area contributed by atoms with Crippen molar-refractivity contribution in [3.63, 3.8) is 0 Å². The molecule has 15 heavy (non-hydrogen) atoms. The van der Waals surface area contributed by atoms with Gasteiger partial charge in [-0.1, -0.05) is 12.1 Å². The summed E-state index contributed by atoms with van der Waals surface area (Å²) in [4.78, 5) is 12.1. The number of para-hydroxylation sites is 2. The van der Waals surface area contributed by atoms with Crippen LogP contribution >= 0.6 is 0 Å². The predicted octanol–water partition coefficient (Wildman–Crippen LogP) is 1.41. The van der Waals surface area contributed by atoms with Crippen LogP contribution < -0.4 is 4.90 Å². The van der Waals surface area contributed by atoms with Crippen molar-refractivity contribution in [2.24, 2.45) is 0 Å². The highest BCUT2D eigenvalue weighted by molar-refractivity contribution is 5.62. The fourth-order valence-electron chi connectivity index (χ4n) is 1.46. The summed E-state index contributed by atoms with van der Waals surface area (Å²) in [6.07, 6.45) is 0. The Morgan fingerprint density at radius 2 is 2.13 bits per heavy atom. The normalized spacial score (nSPS) is 10.0. The van der Waals surface area contributed by atoms with Crippen molar-refractivity contribution in [1.29, 1.82) is 0 Å². The third-order valence-electron chi connectivity index (χ3n) is 2.17. The molecule has 0 spiro atoms. The summed E-state index contributed by atoms with van der Waals surface area (Å²) in [6.45, 7) is 2.92. The maximum Gasteiger partial charge on any atom is 0.292 e. The highest BCUT2D eigenvalue weighted by atomic mass is 16.6. The van der Waals surface area contributed by atoms with E-state index >= 15 is 0 Å². The number of nitrogens with zero attached hydrogens (tertiary/aromatic N) is 2. The van der Waals surface area contributed by atoms with Crippen LogP contribution in [0, 0.1) is 10.1 Å². The Balaban J connectivity index is 3.04. The number of aliphatic hydroxyl groups excluding tert-OH is 1. The quantitative estimate of drug-likeness (QED) is 0.589. The lowest BCUT2D eigenvalue weighted by molar-refractivity contribution is -0.384. The fourth-order valence-corrected chi connectivity index (χ4v) is 1.46. The van der Waals surface area contributed by atoms with E-state index in [1.807, 2.05) is 6.92 Å². The summed E-state index contributed by atoms with van der Waals surface area (Å²) >= 11 is 0. The lowest BCUT2D eigenvalue weighted by Gasteiger charge is -2.21. The molecular weight excluding hydrogens is 196 g/mol. The van der Waals surface area contributed by atoms with Gasteiger partial charge in [-0.3, -0.25) is 10.1 Å². The van der Waals surface area contributed by atoms with E-state index < -0.39 is 4.92 Å². The first-order chi connectivity index (χ1) is 7.20. The van der Waals surface area contributed by atoms with Gasteiger partial charge in [0.2, 0.25) is 0 Å². The molecule has 0 aliphatic rings. The molecule has 5 nitrogen and oxygen atoms in total. The molecule has 0 radical (unpaired) electrons. The molecule has 0 atom stereocenters. The minimum absolute atomic E-state index is 0.0140. The SMILES string of the molecule is CCN(CCO)c1ccccc1[N+](=O)[O-]. The highest BCUT2D eigenvalue weighted by Crippen LogP contribution is 2.26. The fraction of sp³-hybridized carbons (Fsp3) is 0.400. The van der Waals surface area contributed by atoms with E-state index in [-0.39, 0.29) is 12.3 Å². The lowest BCUT2D eigenvalue weighted by Crippen LogP contribution is -2.26. The van der Waals surface area contributed by atoms with E-state index in [9.17, 15) is 10.1 Å². The maximum atomic E-state index is 10.8. The first-order valence-electron chi connectivity index (χ1n) is 4.80. The minimum Gasteiger partial charge on any atom is -0.395 e. The number of hydrogen-bond acceptors (Lipinski definition) is 4. The Labute approximate surface area is 88.1 Å². The van der Waals surface area contributed by atoms with E-state index in [1.54, 1.807) is 23.1 Å². The first-order valence-corrected chi connectivity index (χ1v) is 4.80. The molecule has 0 saturated heterocycles. The lowest BCUT2D eigenvalue weighted by atomic mass is 10.2. The van der Waals surface area contributed by atoms with Gasteiger partial charge in [0.15, 0.2) is 0 Å². The summed E-state index contributed by atoms with van der Waals surface area (Å²) < 4.78 is 0. The molecule has 0 amide bonds. The standard InChI is InChI=1S/C10H14N2O3/c1-2-11(7-8-13)9-5-3-4-6-10(9)12(14)15/h3-6,13H,2,7-8H2,1H3. The molecular formula is C10H14N2O3. The van der Waals surface area contributed by atoms with E-state index in [0.29, 0.717) is 18.8 Å². The summed E-state index contributed by atoms with van der Waals surface area (Å²) in [5.41, 5.74) is 0.631. The van der Waals surface area contributed by atoms with Crippen LogP contribution in [0.5, 0.6) is 0 Å². The number of aliphatic hydroxyl groups is 1. The van der Waals surface area contributed by atoms with E-state index in [4.69, 9.17) is 5.11 Å². The Kier molecular flexibility index (Phi) is 4.05. The van der Waals surface area contributed by atoms with Gasteiger partial charge in [0.1, 0.15) is 5.69 Å². The van der Waals surface area contributed by atoms with Gasteiger partial charge in [-0.05, 0) is 13.0 Å². The van der Waals surface area contributed by atoms with Crippen LogP contribution in [-0.4, -0.2) is 29.7 Å². The van der Waals surface area contributed by atoms with Crippen molar-refractivity contribution in [1.82, 2.24) is 0 Å². The Bertz CT molecular complexity index is 341. The van der Waals surface area contributed by atoms with E-state index in [1.165, 1.54) is 6.07 Å². The molecule has 1 aromatic rings. The molecule has 0 aromatic heterocycles. The van der Waals surface area contributed by atoms with Gasteiger partial charge in [0, 0.05) is 19.2 Å². The van der Waals surface area contributed by atoms with Gasteiger partial charge < -0.3 is 10.0 Å². The maximum absolute atomic E-state index is 10.8. The van der Waals surface area contributed by atoms with Gasteiger partial charge in [0.25, 0.3) is 5.69 Å². The molecule has 0 saturated carbocycles. The zero-order valence-electron chi connectivity index (χ0n) is 8.59. The molecule has 0 bridgehead atoms. The largest absolute Gasteiger partial charge is 0.395 e. The smallest absolute Gasteiger partial charge is 0.292 e. The van der Waals surface area contributed by atoms with Crippen LogP contribution in [0.2, 0.25) is 0 Å². The number of benzene rings is 1. The van der Waals surface area contributed by atoms with Crippen LogP contribution in [0.3, 0.4) is 0 Å². The van der Waals surface area contributed by atoms with Crippen LogP contribution in [-0.2, 0) is 0 Å². The molecule has 0 fully saturated rings. The third-order valence-corrected chi connectivity index (χ3v) is 2.17. The van der Waals surface area contributed by atoms with E-state index in [2.05, 4.69) is 0 Å². The average molecular weight is 210 g/mol. The number of nitro benzene ring substituents is 1. The van der Waals surface area contributed by atoms with Crippen molar-refractivity contribution >= 4 is 11.4 Å². The minimum atomic E-state index is -0.407. The zero-order chi connectivity index (χ0) is 11.3. The first kappa shape index (κ1) is 11.5. The van der Waals surface area contributed by atoms with Gasteiger partial charge in [-0.15, -0.1) is 0 Å². The van der Waals surface area contributed by atoms with Gasteiger partial charge in [-0.2, -0.15) is 0 Å². The zero-order valence-corrected chi connectivity index (χ0v) is 8.59. The van der Waals surface area contributed by atoms with Crippen LogP contribution in [0.1, 0.15) is 6.92 Å². The Morgan fingerprint density at radius 3 is 2.67 bits per heavy atom. The van der Waals surface area contributed by atoms with Crippen LogP contribution in [0.4, 0.5) is 11.4 Å². The summed E-state index contributed by atoms with van der Waals surface area (Å²) in [7, 11) is 0. The number of anilines is 1. The Morgan fingerprint density at radius 1 is 1.47 bits per heavy atom. The summed E-state index contributed by atoms with van der Waals surface area (Å²) in [5, 5.41) is 19.6.